The van der Waals surface area contributed by atoms with E-state index in [4.69, 9.17) is 5.73 Å². The van der Waals surface area contributed by atoms with E-state index in [0.717, 1.165) is 30.4 Å². The largest absolute Gasteiger partial charge is 0.368 e. The summed E-state index contributed by atoms with van der Waals surface area (Å²) in [6.45, 7) is 2.36. The number of carbonyl (C=O) groups is 1. The smallest absolute Gasteiger partial charge is 0.237 e. The molecule has 0 aliphatic heterocycles. The molecule has 104 valence electrons. The molecular formula is C14H26N2OS. The summed E-state index contributed by atoms with van der Waals surface area (Å²) in [6, 6.07) is 0. The molecule has 0 spiro atoms. The number of primary amides is 1. The Morgan fingerprint density at radius 3 is 2.67 bits per heavy atom. The number of carbonyl (C=O) groups excluding carboxylic acids is 1. The van der Waals surface area contributed by atoms with Gasteiger partial charge in [0.1, 0.15) is 0 Å². The molecular weight excluding hydrogens is 244 g/mol. The van der Waals surface area contributed by atoms with Crippen LogP contribution in [0.3, 0.4) is 0 Å². The van der Waals surface area contributed by atoms with Crippen LogP contribution < -0.4 is 11.1 Å². The van der Waals surface area contributed by atoms with Gasteiger partial charge in [-0.15, -0.1) is 0 Å². The Labute approximate surface area is 115 Å². The Hall–Kier alpha value is -0.220. The van der Waals surface area contributed by atoms with Crippen LogP contribution in [0.1, 0.15) is 51.9 Å². The molecule has 18 heavy (non-hydrogen) atoms. The van der Waals surface area contributed by atoms with E-state index in [1.807, 2.05) is 7.05 Å². The van der Waals surface area contributed by atoms with Gasteiger partial charge in [-0.05, 0) is 45.1 Å². The number of nitrogens with two attached hydrogens (primary N) is 1. The quantitative estimate of drug-likeness (QED) is 0.824. The molecule has 4 unspecified atom stereocenters. The van der Waals surface area contributed by atoms with Crippen LogP contribution >= 0.6 is 11.8 Å². The van der Waals surface area contributed by atoms with E-state index >= 15 is 0 Å². The minimum Gasteiger partial charge on any atom is -0.368 e. The highest BCUT2D eigenvalue weighted by Gasteiger charge is 2.43. The first kappa shape index (κ1) is 14.2. The van der Waals surface area contributed by atoms with Gasteiger partial charge in [0.15, 0.2) is 0 Å². The second kappa shape index (κ2) is 5.83. The highest BCUT2D eigenvalue weighted by Crippen LogP contribution is 2.42. The maximum atomic E-state index is 11.6. The molecule has 2 rings (SSSR count). The number of hydrogen-bond acceptors (Lipinski definition) is 3. The molecule has 0 heterocycles. The van der Waals surface area contributed by atoms with Crippen LogP contribution in [-0.4, -0.2) is 29.0 Å². The number of likely N-dealkylation sites (N-methyl/N-ethyl adjacent to an activating group) is 1. The maximum Gasteiger partial charge on any atom is 0.237 e. The first-order valence-electron chi connectivity index (χ1n) is 7.20. The molecule has 0 saturated heterocycles. The SMILES string of the molecule is CNC1(C(N)=O)CCC(SC2CCCC(C)C2)C1. The standard InChI is InChI=1S/C14H26N2OS/c1-10-4-3-5-11(8-10)18-12-6-7-14(9-12,16-2)13(15)17/h10-12,16H,3-9H2,1-2H3,(H2,15,17). The van der Waals surface area contributed by atoms with Crippen LogP contribution in [0.15, 0.2) is 0 Å². The van der Waals surface area contributed by atoms with Crippen molar-refractivity contribution in [3.8, 4) is 0 Å². The summed E-state index contributed by atoms with van der Waals surface area (Å²) in [5.74, 6) is 0.702. The molecule has 3 nitrogen and oxygen atoms in total. The number of nitrogens with one attached hydrogen (secondary N) is 1. The Morgan fingerprint density at radius 1 is 1.33 bits per heavy atom. The van der Waals surface area contributed by atoms with Gasteiger partial charge in [0, 0.05) is 10.5 Å². The summed E-state index contributed by atoms with van der Waals surface area (Å²) in [6.07, 6.45) is 8.41. The molecule has 2 fully saturated rings. The van der Waals surface area contributed by atoms with Crippen molar-refractivity contribution >= 4 is 17.7 Å². The molecule has 0 aromatic carbocycles. The monoisotopic (exact) mass is 270 g/mol. The van der Waals surface area contributed by atoms with Crippen LogP contribution in [-0.2, 0) is 4.79 Å². The molecule has 2 saturated carbocycles. The summed E-state index contributed by atoms with van der Waals surface area (Å²) in [7, 11) is 1.86. The van der Waals surface area contributed by atoms with E-state index in [9.17, 15) is 4.79 Å². The lowest BCUT2D eigenvalue weighted by molar-refractivity contribution is -0.124. The summed E-state index contributed by atoms with van der Waals surface area (Å²) >= 11 is 2.12. The number of hydrogen-bond donors (Lipinski definition) is 2. The van der Waals surface area contributed by atoms with Crippen LogP contribution in [0.5, 0.6) is 0 Å². The van der Waals surface area contributed by atoms with Crippen LogP contribution in [0.4, 0.5) is 0 Å². The Kier molecular flexibility index (Phi) is 4.59. The molecule has 3 N–H and O–H groups in total. The highest BCUT2D eigenvalue weighted by atomic mass is 32.2. The lowest BCUT2D eigenvalue weighted by Crippen LogP contribution is -2.52. The molecule has 4 atom stereocenters. The minimum absolute atomic E-state index is 0.176. The number of amides is 1. The average Bonchev–Trinajstić information content (AvgIpc) is 2.74. The zero-order valence-electron chi connectivity index (χ0n) is 11.6. The van der Waals surface area contributed by atoms with Gasteiger partial charge in [-0.25, -0.2) is 0 Å². The van der Waals surface area contributed by atoms with Crippen molar-refractivity contribution in [2.24, 2.45) is 11.7 Å². The van der Waals surface area contributed by atoms with E-state index in [0.29, 0.717) is 5.25 Å². The average molecular weight is 270 g/mol. The zero-order valence-corrected chi connectivity index (χ0v) is 12.4. The summed E-state index contributed by atoms with van der Waals surface area (Å²) in [5, 5.41) is 4.58. The third kappa shape index (κ3) is 3.02. The molecule has 0 aromatic heterocycles. The lowest BCUT2D eigenvalue weighted by atomic mass is 9.91. The lowest BCUT2D eigenvalue weighted by Gasteiger charge is -2.29. The predicted octanol–water partition coefficient (Wildman–Crippen LogP) is 2.29. The van der Waals surface area contributed by atoms with Gasteiger partial charge < -0.3 is 11.1 Å². The first-order valence-corrected chi connectivity index (χ1v) is 8.14. The first-order chi connectivity index (χ1) is 8.55. The van der Waals surface area contributed by atoms with Crippen LogP contribution in [0.2, 0.25) is 0 Å². The van der Waals surface area contributed by atoms with Gasteiger partial charge in [-0.2, -0.15) is 11.8 Å². The Bertz CT molecular complexity index is 310. The van der Waals surface area contributed by atoms with Crippen molar-refractivity contribution in [2.75, 3.05) is 7.05 Å². The van der Waals surface area contributed by atoms with E-state index < -0.39 is 5.54 Å². The van der Waals surface area contributed by atoms with E-state index in [2.05, 4.69) is 24.0 Å². The zero-order chi connectivity index (χ0) is 13.2. The summed E-state index contributed by atoms with van der Waals surface area (Å²) in [5.41, 5.74) is 5.12. The van der Waals surface area contributed by atoms with Crippen molar-refractivity contribution < 1.29 is 4.79 Å². The maximum absolute atomic E-state index is 11.6. The molecule has 0 radical (unpaired) electrons. The predicted molar refractivity (Wildman–Crippen MR) is 77.6 cm³/mol. The highest BCUT2D eigenvalue weighted by molar-refractivity contribution is 8.00. The van der Waals surface area contributed by atoms with Crippen molar-refractivity contribution in [1.82, 2.24) is 5.32 Å². The molecule has 2 aliphatic rings. The van der Waals surface area contributed by atoms with Gasteiger partial charge in [0.05, 0.1) is 5.54 Å². The fourth-order valence-corrected chi connectivity index (χ4v) is 5.39. The second-order valence-corrected chi connectivity index (χ2v) is 7.70. The normalized spacial score (nSPS) is 40.9. The van der Waals surface area contributed by atoms with Gasteiger partial charge in [-0.1, -0.05) is 19.8 Å². The second-order valence-electron chi connectivity index (χ2n) is 6.09. The van der Waals surface area contributed by atoms with Crippen LogP contribution in [0.25, 0.3) is 0 Å². The van der Waals surface area contributed by atoms with E-state index in [1.54, 1.807) is 0 Å². The molecule has 0 aromatic rings. The van der Waals surface area contributed by atoms with Crippen LogP contribution in [0, 0.1) is 5.92 Å². The third-order valence-corrected chi connectivity index (χ3v) is 6.29. The van der Waals surface area contributed by atoms with Crippen molar-refractivity contribution in [3.63, 3.8) is 0 Å². The van der Waals surface area contributed by atoms with Gasteiger partial charge in [0.25, 0.3) is 0 Å². The van der Waals surface area contributed by atoms with Crippen molar-refractivity contribution in [3.05, 3.63) is 0 Å². The Balaban J connectivity index is 1.87. The Morgan fingerprint density at radius 2 is 2.11 bits per heavy atom. The van der Waals surface area contributed by atoms with Gasteiger partial charge in [-0.3, -0.25) is 4.79 Å². The van der Waals surface area contributed by atoms with E-state index in [1.165, 1.54) is 25.7 Å². The topological polar surface area (TPSA) is 55.1 Å². The fourth-order valence-electron chi connectivity index (χ4n) is 3.46. The van der Waals surface area contributed by atoms with E-state index in [-0.39, 0.29) is 5.91 Å². The fraction of sp³-hybridized carbons (Fsp3) is 0.929. The third-order valence-electron chi connectivity index (χ3n) is 4.69. The number of rotatable bonds is 4. The van der Waals surface area contributed by atoms with Gasteiger partial charge in [0.2, 0.25) is 5.91 Å². The number of thioether (sulfide) groups is 1. The van der Waals surface area contributed by atoms with Crippen molar-refractivity contribution in [2.45, 2.75) is 67.9 Å². The molecule has 2 aliphatic carbocycles. The van der Waals surface area contributed by atoms with Gasteiger partial charge >= 0.3 is 0 Å². The minimum atomic E-state index is -0.433. The molecule has 0 bridgehead atoms. The summed E-state index contributed by atoms with van der Waals surface area (Å²) < 4.78 is 0. The molecule has 4 heteroatoms. The summed E-state index contributed by atoms with van der Waals surface area (Å²) in [4.78, 5) is 11.6. The molecule has 1 amide bonds. The van der Waals surface area contributed by atoms with Crippen molar-refractivity contribution in [1.29, 1.82) is 0 Å².